The summed E-state index contributed by atoms with van der Waals surface area (Å²) in [6.07, 6.45) is -3.62. The summed E-state index contributed by atoms with van der Waals surface area (Å²) in [7, 11) is 0. The second kappa shape index (κ2) is 12.9. The number of Topliss-reactive ketones (excluding diaryl/α,β-unsaturated/α-hetero) is 1. The molecule has 1 unspecified atom stereocenters. The van der Waals surface area contributed by atoms with Crippen LogP contribution < -0.4 is 14.8 Å². The highest BCUT2D eigenvalue weighted by Crippen LogP contribution is 2.27. The van der Waals surface area contributed by atoms with Crippen LogP contribution in [0.3, 0.4) is 0 Å². The molecule has 0 radical (unpaired) electrons. The number of ether oxygens (including phenoxy) is 2. The normalized spacial score (nSPS) is 13.0. The maximum absolute atomic E-state index is 12.3. The molecule has 0 aliphatic heterocycles. The lowest BCUT2D eigenvalue weighted by Crippen LogP contribution is -2.33. The van der Waals surface area contributed by atoms with Gasteiger partial charge in [-0.3, -0.25) is 9.59 Å². The van der Waals surface area contributed by atoms with Gasteiger partial charge in [-0.1, -0.05) is 25.4 Å². The van der Waals surface area contributed by atoms with Crippen molar-refractivity contribution < 1.29 is 41.8 Å². The first-order valence-corrected chi connectivity index (χ1v) is 12.0. The van der Waals surface area contributed by atoms with Crippen molar-refractivity contribution in [2.75, 3.05) is 11.9 Å². The smallest absolute Gasteiger partial charge is 0.481 e. The number of carboxylic acids is 1. The molecule has 2 aromatic carbocycles. The van der Waals surface area contributed by atoms with Gasteiger partial charge >= 0.3 is 18.4 Å². The van der Waals surface area contributed by atoms with Crippen molar-refractivity contribution in [2.45, 2.75) is 51.9 Å². The van der Waals surface area contributed by atoms with Gasteiger partial charge in [0.15, 0.2) is 5.78 Å². The lowest BCUT2D eigenvalue weighted by atomic mass is 9.99. The molecule has 0 aliphatic carbocycles. The molecule has 1 aromatic heterocycles. The van der Waals surface area contributed by atoms with Gasteiger partial charge in [0.25, 0.3) is 5.89 Å². The van der Waals surface area contributed by atoms with E-state index in [4.69, 9.17) is 14.3 Å². The third kappa shape index (κ3) is 8.79. The minimum absolute atomic E-state index is 0.0489. The molecule has 3 rings (SSSR count). The number of ketones is 1. The monoisotopic (exact) mass is 535 g/mol. The molecule has 204 valence electrons. The van der Waals surface area contributed by atoms with Gasteiger partial charge in [-0.15, -0.1) is 18.3 Å². The van der Waals surface area contributed by atoms with Crippen molar-refractivity contribution in [2.24, 2.45) is 5.92 Å². The fourth-order valence-corrected chi connectivity index (χ4v) is 3.49. The predicted octanol–water partition coefficient (Wildman–Crippen LogP) is 5.98. The highest BCUT2D eigenvalue weighted by molar-refractivity contribution is 5.96. The number of halogens is 3. The molecule has 1 heterocycles. The van der Waals surface area contributed by atoms with E-state index in [0.29, 0.717) is 11.1 Å². The summed E-state index contributed by atoms with van der Waals surface area (Å²) in [4.78, 5) is 22.9. The van der Waals surface area contributed by atoms with E-state index in [9.17, 15) is 22.8 Å². The van der Waals surface area contributed by atoms with Crippen molar-refractivity contribution in [3.63, 3.8) is 0 Å². The zero-order valence-electron chi connectivity index (χ0n) is 20.8. The second-order valence-electron chi connectivity index (χ2n) is 8.64. The third-order valence-corrected chi connectivity index (χ3v) is 5.81. The molecule has 0 fully saturated rings. The van der Waals surface area contributed by atoms with Crippen LogP contribution in [0.15, 0.2) is 52.9 Å². The van der Waals surface area contributed by atoms with Crippen LogP contribution in [-0.2, 0) is 4.79 Å². The fourth-order valence-electron chi connectivity index (χ4n) is 3.49. The zero-order chi connectivity index (χ0) is 27.7. The highest BCUT2D eigenvalue weighted by atomic mass is 19.4. The van der Waals surface area contributed by atoms with Crippen LogP contribution in [0.2, 0.25) is 0 Å². The van der Waals surface area contributed by atoms with Gasteiger partial charge in [0.2, 0.25) is 0 Å². The minimum Gasteiger partial charge on any atom is -0.481 e. The number of carboxylic acid groups (broad SMARTS) is 1. The van der Waals surface area contributed by atoms with Crippen LogP contribution in [-0.4, -0.2) is 46.1 Å². The van der Waals surface area contributed by atoms with Crippen molar-refractivity contribution >= 4 is 17.4 Å². The summed E-state index contributed by atoms with van der Waals surface area (Å²) in [5, 5.41) is 19.8. The molecule has 3 aromatic rings. The van der Waals surface area contributed by atoms with E-state index in [1.165, 1.54) is 12.1 Å². The number of aliphatic carboxylic acids is 1. The Morgan fingerprint density at radius 2 is 1.74 bits per heavy atom. The second-order valence-corrected chi connectivity index (χ2v) is 8.64. The molecular formula is C26H28F3N3O6. The van der Waals surface area contributed by atoms with Gasteiger partial charge in [0.05, 0.1) is 6.04 Å². The molecule has 9 nitrogen and oxygen atoms in total. The van der Waals surface area contributed by atoms with E-state index in [2.05, 4.69) is 20.3 Å². The van der Waals surface area contributed by atoms with Crippen molar-refractivity contribution in [3.05, 3.63) is 54.1 Å². The Morgan fingerprint density at radius 3 is 2.34 bits per heavy atom. The Kier molecular flexibility index (Phi) is 9.69. The number of carbonyl (C=O) groups excluding carboxylic acids is 1. The predicted molar refractivity (Wildman–Crippen MR) is 131 cm³/mol. The quantitative estimate of drug-likeness (QED) is 0.240. The number of hydrogen-bond acceptors (Lipinski definition) is 8. The summed E-state index contributed by atoms with van der Waals surface area (Å²) < 4.78 is 52.1. The van der Waals surface area contributed by atoms with E-state index in [0.717, 1.165) is 24.2 Å². The maximum atomic E-state index is 12.3. The molecule has 0 saturated carbocycles. The van der Waals surface area contributed by atoms with E-state index in [-0.39, 0.29) is 61.3 Å². The van der Waals surface area contributed by atoms with Crippen LogP contribution in [0, 0.1) is 5.92 Å². The van der Waals surface area contributed by atoms with Gasteiger partial charge in [0, 0.05) is 29.7 Å². The third-order valence-electron chi connectivity index (χ3n) is 5.81. The molecule has 38 heavy (non-hydrogen) atoms. The van der Waals surface area contributed by atoms with Crippen molar-refractivity contribution in [1.82, 2.24) is 10.2 Å². The lowest BCUT2D eigenvalue weighted by molar-refractivity contribution is -0.274. The highest BCUT2D eigenvalue weighted by Gasteiger charge is 2.31. The standard InChI is InChI=1S/C26H28F3N3O6/c1-3-16(2)21(30-19-11-7-17(8-12-19)22(33)5-4-6-23(34)35)15-36-25-32-31-24(37-25)18-9-13-20(14-10-18)38-26(27,28)29/h7-14,16,21,30H,3-6,15H2,1-2H3,(H,34,35)/t16?,21-/m1/s1. The number of nitrogens with zero attached hydrogens (tertiary/aromatic N) is 2. The molecule has 0 amide bonds. The number of aromatic nitrogens is 2. The van der Waals surface area contributed by atoms with Crippen molar-refractivity contribution in [3.8, 4) is 23.3 Å². The average molecular weight is 536 g/mol. The molecule has 2 N–H and O–H groups in total. The number of benzene rings is 2. The van der Waals surface area contributed by atoms with E-state index in [1.807, 2.05) is 13.8 Å². The van der Waals surface area contributed by atoms with Crippen molar-refractivity contribution in [1.29, 1.82) is 0 Å². The number of carbonyl (C=O) groups is 2. The minimum atomic E-state index is -4.78. The van der Waals surface area contributed by atoms with Gasteiger partial charge in [-0.05, 0) is 60.9 Å². The number of anilines is 1. The molecule has 0 bridgehead atoms. The summed E-state index contributed by atoms with van der Waals surface area (Å²) in [5.41, 5.74) is 1.68. The molecule has 0 spiro atoms. The largest absolute Gasteiger partial charge is 0.573 e. The zero-order valence-corrected chi connectivity index (χ0v) is 20.8. The van der Waals surface area contributed by atoms with Crippen LogP contribution in [0.1, 0.15) is 49.9 Å². The van der Waals surface area contributed by atoms with Gasteiger partial charge in [-0.25, -0.2) is 0 Å². The topological polar surface area (TPSA) is 124 Å². The molecule has 0 aliphatic rings. The Balaban J connectivity index is 1.58. The molecular weight excluding hydrogens is 507 g/mol. The Bertz CT molecular complexity index is 1200. The fraction of sp³-hybridized carbons (Fsp3) is 0.385. The number of nitrogens with one attached hydrogen (secondary N) is 1. The average Bonchev–Trinajstić information content (AvgIpc) is 3.34. The first-order valence-electron chi connectivity index (χ1n) is 12.0. The molecule has 2 atom stereocenters. The first kappa shape index (κ1) is 28.5. The summed E-state index contributed by atoms with van der Waals surface area (Å²) in [5.74, 6) is -1.14. The summed E-state index contributed by atoms with van der Waals surface area (Å²) in [6.45, 7) is 4.27. The Labute approximate surface area is 217 Å². The summed E-state index contributed by atoms with van der Waals surface area (Å²) >= 11 is 0. The van der Waals surface area contributed by atoms with Gasteiger partial charge < -0.3 is 24.3 Å². The van der Waals surface area contributed by atoms with Crippen LogP contribution in [0.4, 0.5) is 18.9 Å². The van der Waals surface area contributed by atoms with Crippen LogP contribution in [0.25, 0.3) is 11.5 Å². The molecule has 0 saturated heterocycles. The summed E-state index contributed by atoms with van der Waals surface area (Å²) in [6, 6.07) is 11.8. The van der Waals surface area contributed by atoms with Crippen LogP contribution in [0.5, 0.6) is 11.8 Å². The number of rotatable bonds is 14. The first-order chi connectivity index (χ1) is 18.0. The molecule has 12 heteroatoms. The SMILES string of the molecule is CCC(C)[C@@H](COc1nnc(-c2ccc(OC(F)(F)F)cc2)o1)Nc1ccc(C(=O)CCCC(=O)O)cc1. The lowest BCUT2D eigenvalue weighted by Gasteiger charge is -2.24. The number of hydrogen-bond donors (Lipinski definition) is 2. The van der Waals surface area contributed by atoms with Gasteiger partial charge in [0.1, 0.15) is 12.4 Å². The Morgan fingerprint density at radius 1 is 1.05 bits per heavy atom. The van der Waals surface area contributed by atoms with E-state index < -0.39 is 12.3 Å². The number of alkyl halides is 3. The Hall–Kier alpha value is -4.09. The maximum Gasteiger partial charge on any atom is 0.573 e. The van der Waals surface area contributed by atoms with Gasteiger partial charge in [-0.2, -0.15) is 0 Å². The van der Waals surface area contributed by atoms with E-state index in [1.54, 1.807) is 24.3 Å². The van der Waals surface area contributed by atoms with Crippen LogP contribution >= 0.6 is 0 Å². The van der Waals surface area contributed by atoms with E-state index >= 15 is 0 Å².